The van der Waals surface area contributed by atoms with Crippen LogP contribution in [0.3, 0.4) is 0 Å². The first kappa shape index (κ1) is 9.89. The van der Waals surface area contributed by atoms with Gasteiger partial charge in [0, 0.05) is 0 Å². The Morgan fingerprint density at radius 3 is 2.81 bits per heavy atom. The van der Waals surface area contributed by atoms with Gasteiger partial charge in [0.15, 0.2) is 0 Å². The highest BCUT2D eigenvalue weighted by Crippen LogP contribution is 2.40. The fourth-order valence-corrected chi connectivity index (χ4v) is 3.23. The van der Waals surface area contributed by atoms with Gasteiger partial charge in [0.1, 0.15) is 0 Å². The van der Waals surface area contributed by atoms with Crippen molar-refractivity contribution in [2.24, 2.45) is 11.8 Å². The molecule has 0 saturated carbocycles. The molecule has 0 N–H and O–H groups in total. The van der Waals surface area contributed by atoms with Gasteiger partial charge in [-0.15, -0.1) is 0 Å². The lowest BCUT2D eigenvalue weighted by atomic mass is 9.77. The third-order valence-electron chi connectivity index (χ3n) is 4.17. The van der Waals surface area contributed by atoms with E-state index in [2.05, 4.69) is 55.5 Å². The van der Waals surface area contributed by atoms with Gasteiger partial charge in [0.2, 0.25) is 0 Å². The summed E-state index contributed by atoms with van der Waals surface area (Å²) in [4.78, 5) is 0. The molecule has 2 aliphatic carbocycles. The predicted octanol–water partition coefficient (Wildman–Crippen LogP) is 4.09. The summed E-state index contributed by atoms with van der Waals surface area (Å²) in [6.07, 6.45) is 11.8. The molecule has 0 aromatic heterocycles. The van der Waals surface area contributed by atoms with Gasteiger partial charge in [-0.25, -0.2) is 0 Å². The number of hydrogen-bond donors (Lipinski definition) is 0. The zero-order chi connectivity index (χ0) is 11.0. The minimum atomic E-state index is 0.657. The minimum absolute atomic E-state index is 0.657. The van der Waals surface area contributed by atoms with Crippen LogP contribution in [0.15, 0.2) is 48.6 Å². The van der Waals surface area contributed by atoms with E-state index in [-0.39, 0.29) is 0 Å². The van der Waals surface area contributed by atoms with Crippen LogP contribution in [-0.2, 0) is 6.42 Å². The summed E-state index contributed by atoms with van der Waals surface area (Å²) in [6, 6.07) is 8.97. The highest BCUT2D eigenvalue weighted by molar-refractivity contribution is 5.34. The molecule has 0 radical (unpaired) electrons. The van der Waals surface area contributed by atoms with Crippen LogP contribution in [0.4, 0.5) is 0 Å². The maximum Gasteiger partial charge on any atom is -0.0101 e. The molecule has 1 aromatic rings. The second kappa shape index (κ2) is 3.93. The van der Waals surface area contributed by atoms with Gasteiger partial charge >= 0.3 is 0 Å². The number of hydrogen-bond acceptors (Lipinski definition) is 0. The van der Waals surface area contributed by atoms with Gasteiger partial charge in [-0.3, -0.25) is 0 Å². The Morgan fingerprint density at radius 1 is 1.06 bits per heavy atom. The fourth-order valence-electron chi connectivity index (χ4n) is 3.23. The summed E-state index contributed by atoms with van der Waals surface area (Å²) in [7, 11) is 0. The Balaban J connectivity index is 2.04. The topological polar surface area (TPSA) is 0 Å². The maximum atomic E-state index is 2.40. The van der Waals surface area contributed by atoms with Crippen LogP contribution in [0, 0.1) is 11.8 Å². The third-order valence-corrected chi connectivity index (χ3v) is 4.17. The molecule has 3 atom stereocenters. The molecular formula is C16H18. The van der Waals surface area contributed by atoms with Crippen molar-refractivity contribution in [1.29, 1.82) is 0 Å². The van der Waals surface area contributed by atoms with E-state index < -0.39 is 0 Å². The Bertz CT molecular complexity index is 439. The minimum Gasteiger partial charge on any atom is -0.0808 e. The molecule has 0 spiro atoms. The highest BCUT2D eigenvalue weighted by Gasteiger charge is 2.29. The van der Waals surface area contributed by atoms with Crippen molar-refractivity contribution in [3.8, 4) is 0 Å². The third kappa shape index (κ3) is 1.53. The number of rotatable bonds is 0. The second-order valence-corrected chi connectivity index (χ2v) is 5.04. The molecule has 0 heteroatoms. The van der Waals surface area contributed by atoms with E-state index >= 15 is 0 Å². The van der Waals surface area contributed by atoms with Gasteiger partial charge in [-0.2, -0.15) is 0 Å². The lowest BCUT2D eigenvalue weighted by molar-refractivity contribution is 0.405. The van der Waals surface area contributed by atoms with E-state index in [1.165, 1.54) is 12.8 Å². The summed E-state index contributed by atoms with van der Waals surface area (Å²) in [5.74, 6) is 2.10. The predicted molar refractivity (Wildman–Crippen MR) is 68.4 cm³/mol. The number of fused-ring (bicyclic) bond motifs is 2. The molecule has 0 nitrogen and oxygen atoms in total. The molecule has 2 aliphatic rings. The van der Waals surface area contributed by atoms with Crippen molar-refractivity contribution in [3.05, 3.63) is 59.7 Å². The molecule has 0 bridgehead atoms. The average Bonchev–Trinajstić information content (AvgIpc) is 2.49. The Hall–Kier alpha value is -1.30. The second-order valence-electron chi connectivity index (χ2n) is 5.04. The molecule has 16 heavy (non-hydrogen) atoms. The summed E-state index contributed by atoms with van der Waals surface area (Å²) in [5, 5.41) is 0. The smallest absolute Gasteiger partial charge is 0.0101 e. The van der Waals surface area contributed by atoms with E-state index in [1.54, 1.807) is 11.1 Å². The molecule has 3 rings (SSSR count). The SMILES string of the molecule is CC1c2ccccc2CCC2C=CC=CC21. The highest BCUT2D eigenvalue weighted by atomic mass is 14.3. The van der Waals surface area contributed by atoms with Crippen LogP contribution in [0.2, 0.25) is 0 Å². The van der Waals surface area contributed by atoms with Crippen molar-refractivity contribution < 1.29 is 0 Å². The van der Waals surface area contributed by atoms with E-state index in [4.69, 9.17) is 0 Å². The first-order valence-electron chi connectivity index (χ1n) is 6.29. The molecule has 3 unspecified atom stereocenters. The summed E-state index contributed by atoms with van der Waals surface area (Å²) in [6.45, 7) is 2.38. The lowest BCUT2D eigenvalue weighted by Crippen LogP contribution is -2.17. The van der Waals surface area contributed by atoms with Crippen molar-refractivity contribution in [2.75, 3.05) is 0 Å². The monoisotopic (exact) mass is 210 g/mol. The molecule has 1 aromatic carbocycles. The van der Waals surface area contributed by atoms with E-state index in [0.717, 1.165) is 5.92 Å². The van der Waals surface area contributed by atoms with Crippen LogP contribution in [0.25, 0.3) is 0 Å². The van der Waals surface area contributed by atoms with Crippen LogP contribution >= 0.6 is 0 Å². The van der Waals surface area contributed by atoms with Gasteiger partial charge in [-0.05, 0) is 41.7 Å². The number of benzene rings is 1. The summed E-state index contributed by atoms with van der Waals surface area (Å²) < 4.78 is 0. The van der Waals surface area contributed by atoms with Gasteiger partial charge < -0.3 is 0 Å². The van der Waals surface area contributed by atoms with Crippen molar-refractivity contribution >= 4 is 0 Å². The molecule has 0 heterocycles. The van der Waals surface area contributed by atoms with Gasteiger partial charge in [-0.1, -0.05) is 55.5 Å². The van der Waals surface area contributed by atoms with Gasteiger partial charge in [0.05, 0.1) is 0 Å². The molecule has 82 valence electrons. The molecule has 0 fully saturated rings. The maximum absolute atomic E-state index is 2.40. The van der Waals surface area contributed by atoms with E-state index in [1.807, 2.05) is 0 Å². The van der Waals surface area contributed by atoms with Crippen LogP contribution in [0.5, 0.6) is 0 Å². The quantitative estimate of drug-likeness (QED) is 0.605. The summed E-state index contributed by atoms with van der Waals surface area (Å²) in [5.41, 5.74) is 3.13. The van der Waals surface area contributed by atoms with Crippen molar-refractivity contribution in [3.63, 3.8) is 0 Å². The number of aryl methyl sites for hydroxylation is 1. The standard InChI is InChI=1S/C16H18/c1-12-15-8-4-2-6-13(15)10-11-14-7-3-5-9-16(12)14/h2-9,12-13,15H,10-11H2,1H3. The van der Waals surface area contributed by atoms with E-state index in [0.29, 0.717) is 11.8 Å². The fraction of sp³-hybridized carbons (Fsp3) is 0.375. The average molecular weight is 210 g/mol. The zero-order valence-corrected chi connectivity index (χ0v) is 9.77. The Labute approximate surface area is 97.7 Å². The normalized spacial score (nSPS) is 31.7. The molecule has 0 amide bonds. The Kier molecular flexibility index (Phi) is 2.43. The molecule has 0 saturated heterocycles. The first-order chi connectivity index (χ1) is 7.86. The first-order valence-corrected chi connectivity index (χ1v) is 6.29. The largest absolute Gasteiger partial charge is 0.0808 e. The molecule has 0 aliphatic heterocycles. The molecular weight excluding hydrogens is 192 g/mol. The van der Waals surface area contributed by atoms with Crippen molar-refractivity contribution in [2.45, 2.75) is 25.7 Å². The summed E-state index contributed by atoms with van der Waals surface area (Å²) >= 11 is 0. The van der Waals surface area contributed by atoms with Crippen LogP contribution < -0.4 is 0 Å². The van der Waals surface area contributed by atoms with Gasteiger partial charge in [0.25, 0.3) is 0 Å². The zero-order valence-electron chi connectivity index (χ0n) is 9.77. The lowest BCUT2D eigenvalue weighted by Gasteiger charge is -2.27. The van der Waals surface area contributed by atoms with Crippen LogP contribution in [0.1, 0.15) is 30.4 Å². The van der Waals surface area contributed by atoms with E-state index in [9.17, 15) is 0 Å². The van der Waals surface area contributed by atoms with Crippen molar-refractivity contribution in [1.82, 2.24) is 0 Å². The Morgan fingerprint density at radius 2 is 1.88 bits per heavy atom. The van der Waals surface area contributed by atoms with Crippen LogP contribution in [-0.4, -0.2) is 0 Å². The number of allylic oxidation sites excluding steroid dienone is 4.